The van der Waals surface area contributed by atoms with Gasteiger partial charge in [0.05, 0.1) is 34.6 Å². The van der Waals surface area contributed by atoms with E-state index >= 15 is 0 Å². The van der Waals surface area contributed by atoms with Crippen LogP contribution in [0.25, 0.3) is 10.9 Å². The molecule has 1 amide bonds. The van der Waals surface area contributed by atoms with Crippen LogP contribution in [0.2, 0.25) is 5.02 Å². The Morgan fingerprint density at radius 2 is 1.93 bits per heavy atom. The van der Waals surface area contributed by atoms with E-state index in [0.717, 1.165) is 12.0 Å². The van der Waals surface area contributed by atoms with Gasteiger partial charge in [-0.15, -0.1) is 5.10 Å². The van der Waals surface area contributed by atoms with Crippen LogP contribution in [0.15, 0.2) is 48.8 Å². The van der Waals surface area contributed by atoms with Gasteiger partial charge in [-0.3, -0.25) is 9.78 Å². The lowest BCUT2D eigenvalue weighted by molar-refractivity contribution is -0.131. The smallest absolute Gasteiger partial charge is 0.245 e. The molecule has 1 unspecified atom stereocenters. The molecule has 0 bridgehead atoms. The molecule has 1 aliphatic carbocycles. The van der Waals surface area contributed by atoms with Crippen LogP contribution >= 0.6 is 11.6 Å². The number of primary amides is 1. The van der Waals surface area contributed by atoms with E-state index in [9.17, 15) is 15.3 Å². The molecule has 0 spiro atoms. The average molecular weight is 568 g/mol. The van der Waals surface area contributed by atoms with Gasteiger partial charge in [0.1, 0.15) is 23.4 Å². The Hall–Kier alpha value is -4.67. The molecule has 1 saturated carbocycles. The summed E-state index contributed by atoms with van der Waals surface area (Å²) in [5, 5.41) is 36.6. The second kappa shape index (κ2) is 10.7. The van der Waals surface area contributed by atoms with Crippen molar-refractivity contribution < 1.29 is 4.79 Å². The van der Waals surface area contributed by atoms with Crippen molar-refractivity contribution in [2.24, 2.45) is 11.1 Å². The van der Waals surface area contributed by atoms with Crippen molar-refractivity contribution in [2.45, 2.75) is 51.6 Å². The van der Waals surface area contributed by atoms with Gasteiger partial charge in [0.2, 0.25) is 5.91 Å². The number of anilines is 2. The van der Waals surface area contributed by atoms with Crippen molar-refractivity contribution in [3.05, 3.63) is 76.2 Å². The zero-order chi connectivity index (χ0) is 29.4. The number of fused-ring (bicyclic) bond motifs is 1. The van der Waals surface area contributed by atoms with E-state index in [0.29, 0.717) is 63.5 Å². The number of halogens is 1. The molecule has 4 aromatic rings. The largest absolute Gasteiger partial charge is 0.383 e. The molecule has 10 nitrogen and oxygen atoms in total. The Kier molecular flexibility index (Phi) is 7.29. The molecule has 4 N–H and O–H groups in total. The summed E-state index contributed by atoms with van der Waals surface area (Å²) in [6, 6.07) is 14.8. The van der Waals surface area contributed by atoms with E-state index in [2.05, 4.69) is 58.8 Å². The van der Waals surface area contributed by atoms with E-state index in [-0.39, 0.29) is 5.41 Å². The predicted molar refractivity (Wildman–Crippen MR) is 157 cm³/mol. The lowest BCUT2D eigenvalue weighted by Gasteiger charge is -2.38. The van der Waals surface area contributed by atoms with Gasteiger partial charge in [0.15, 0.2) is 0 Å². The van der Waals surface area contributed by atoms with Gasteiger partial charge in [0, 0.05) is 28.8 Å². The Balaban J connectivity index is 1.63. The number of pyridine rings is 1. The van der Waals surface area contributed by atoms with Crippen LogP contribution in [0.5, 0.6) is 0 Å². The van der Waals surface area contributed by atoms with Crippen LogP contribution < -0.4 is 16.4 Å². The van der Waals surface area contributed by atoms with Gasteiger partial charge in [-0.2, -0.15) is 10.5 Å². The summed E-state index contributed by atoms with van der Waals surface area (Å²) < 4.78 is 1.55. The maximum Gasteiger partial charge on any atom is 0.245 e. The van der Waals surface area contributed by atoms with Gasteiger partial charge < -0.3 is 16.4 Å². The van der Waals surface area contributed by atoms with Crippen LogP contribution in [0.1, 0.15) is 68.5 Å². The van der Waals surface area contributed by atoms with Crippen molar-refractivity contribution >= 4 is 39.8 Å². The van der Waals surface area contributed by atoms with Crippen molar-refractivity contribution in [1.82, 2.24) is 20.0 Å². The SMILES string of the molecule is CC(C)(C)CNc1c(C#N)cnc2c(C#N)cc(NC(c3cn(C4(C(N)=O)CCC4)nn3)c3ccccc3Cl)cc12. The number of hydrogen-bond donors (Lipinski definition) is 3. The number of nitrogens with one attached hydrogen (secondary N) is 2. The molecule has 2 aromatic heterocycles. The van der Waals surface area contributed by atoms with Crippen LogP contribution in [0.4, 0.5) is 11.4 Å². The monoisotopic (exact) mass is 567 g/mol. The maximum atomic E-state index is 12.3. The zero-order valence-corrected chi connectivity index (χ0v) is 23.8. The molecule has 0 radical (unpaired) electrons. The predicted octanol–water partition coefficient (Wildman–Crippen LogP) is 5.25. The minimum absolute atomic E-state index is 0.0556. The Labute approximate surface area is 243 Å². The highest BCUT2D eigenvalue weighted by atomic mass is 35.5. The minimum Gasteiger partial charge on any atom is -0.383 e. The van der Waals surface area contributed by atoms with Crippen LogP contribution in [-0.4, -0.2) is 32.4 Å². The summed E-state index contributed by atoms with van der Waals surface area (Å²) in [6.07, 6.45) is 5.29. The molecule has 1 atom stereocenters. The first-order chi connectivity index (χ1) is 19.6. The number of hydrogen-bond acceptors (Lipinski definition) is 8. The molecule has 5 rings (SSSR count). The molecular weight excluding hydrogens is 538 g/mol. The molecule has 208 valence electrons. The van der Waals surface area contributed by atoms with Crippen molar-refractivity contribution in [3.8, 4) is 12.1 Å². The quantitative estimate of drug-likeness (QED) is 0.260. The molecule has 0 saturated heterocycles. The first-order valence-corrected chi connectivity index (χ1v) is 13.7. The van der Waals surface area contributed by atoms with E-state index in [1.54, 1.807) is 23.0 Å². The topological polar surface area (TPSA) is 158 Å². The summed E-state index contributed by atoms with van der Waals surface area (Å²) in [5.41, 5.74) is 8.49. The standard InChI is InChI=1S/C30H30ClN9O/c1-29(2,3)17-36-26-19(14-33)15-35-25-18(13-32)11-20(12-22(25)26)37-27(21-7-4-5-8-23(21)31)24-16-40(39-38-24)30(28(34)41)9-6-10-30/h4-5,7-8,11-12,15-16,27,37H,6,9-10,17H2,1-3H3,(H2,34,41)(H,35,36). The molecule has 1 fully saturated rings. The number of carbonyl (C=O) groups is 1. The van der Waals surface area contributed by atoms with Gasteiger partial charge >= 0.3 is 0 Å². The van der Waals surface area contributed by atoms with E-state index < -0.39 is 17.5 Å². The number of nitrogens with zero attached hydrogens (tertiary/aromatic N) is 6. The highest BCUT2D eigenvalue weighted by molar-refractivity contribution is 6.31. The lowest BCUT2D eigenvalue weighted by Crippen LogP contribution is -2.51. The third-order valence-electron chi connectivity index (χ3n) is 7.42. The fourth-order valence-electron chi connectivity index (χ4n) is 5.01. The highest BCUT2D eigenvalue weighted by Gasteiger charge is 2.46. The van der Waals surface area contributed by atoms with Crippen molar-refractivity contribution in [2.75, 3.05) is 17.2 Å². The average Bonchev–Trinajstić information content (AvgIpc) is 3.38. The summed E-state index contributed by atoms with van der Waals surface area (Å²) >= 11 is 6.65. The Morgan fingerprint density at radius 3 is 2.54 bits per heavy atom. The van der Waals surface area contributed by atoms with Gasteiger partial charge in [-0.05, 0) is 48.4 Å². The molecule has 41 heavy (non-hydrogen) atoms. The van der Waals surface area contributed by atoms with Crippen molar-refractivity contribution in [3.63, 3.8) is 0 Å². The molecule has 2 aromatic carbocycles. The third kappa shape index (κ3) is 5.27. The highest BCUT2D eigenvalue weighted by Crippen LogP contribution is 2.40. The fourth-order valence-corrected chi connectivity index (χ4v) is 5.25. The lowest BCUT2D eigenvalue weighted by atomic mass is 9.76. The van der Waals surface area contributed by atoms with Crippen LogP contribution in [0.3, 0.4) is 0 Å². The van der Waals surface area contributed by atoms with Gasteiger partial charge in [0.25, 0.3) is 0 Å². The summed E-state index contributed by atoms with van der Waals surface area (Å²) in [5.74, 6) is -0.438. The molecule has 0 aliphatic heterocycles. The number of rotatable bonds is 8. The number of nitriles is 2. The summed E-state index contributed by atoms with van der Waals surface area (Å²) in [7, 11) is 0. The van der Waals surface area contributed by atoms with E-state index in [4.69, 9.17) is 17.3 Å². The summed E-state index contributed by atoms with van der Waals surface area (Å²) in [6.45, 7) is 6.89. The maximum absolute atomic E-state index is 12.3. The van der Waals surface area contributed by atoms with E-state index in [1.807, 2.05) is 24.3 Å². The molecular formula is C30H30ClN9O. The second-order valence-corrected chi connectivity index (χ2v) is 11.9. The van der Waals surface area contributed by atoms with Crippen LogP contribution in [0, 0.1) is 28.1 Å². The fraction of sp³-hybridized carbons (Fsp3) is 0.333. The second-order valence-electron chi connectivity index (χ2n) is 11.5. The number of carbonyl (C=O) groups excluding carboxylic acids is 1. The van der Waals surface area contributed by atoms with E-state index in [1.165, 1.54) is 6.20 Å². The third-order valence-corrected chi connectivity index (χ3v) is 7.76. The Morgan fingerprint density at radius 1 is 1.20 bits per heavy atom. The summed E-state index contributed by atoms with van der Waals surface area (Å²) in [4.78, 5) is 16.8. The molecule has 11 heteroatoms. The molecule has 2 heterocycles. The minimum atomic E-state index is -0.889. The number of amides is 1. The van der Waals surface area contributed by atoms with Gasteiger partial charge in [-0.25, -0.2) is 4.68 Å². The Bertz CT molecular complexity index is 1720. The number of benzene rings is 2. The van der Waals surface area contributed by atoms with Gasteiger partial charge in [-0.1, -0.05) is 55.8 Å². The molecule has 1 aliphatic rings. The normalized spacial score (nSPS) is 14.9. The number of nitrogens with two attached hydrogens (primary N) is 1. The zero-order valence-electron chi connectivity index (χ0n) is 23.1. The first-order valence-electron chi connectivity index (χ1n) is 13.3. The first kappa shape index (κ1) is 27.9. The van der Waals surface area contributed by atoms with Crippen LogP contribution in [-0.2, 0) is 10.3 Å². The van der Waals surface area contributed by atoms with Crippen molar-refractivity contribution in [1.29, 1.82) is 10.5 Å². The number of aromatic nitrogens is 4.